The number of nitrogens with zero attached hydrogens (tertiary/aromatic N) is 2. The molecule has 0 saturated carbocycles. The highest BCUT2D eigenvalue weighted by atomic mass is 16.4. The van der Waals surface area contributed by atoms with Crippen molar-refractivity contribution in [1.82, 2.24) is 5.32 Å². The average Bonchev–Trinajstić information content (AvgIpc) is 2.83. The fourth-order valence-corrected chi connectivity index (χ4v) is 4.71. The van der Waals surface area contributed by atoms with Crippen LogP contribution >= 0.6 is 0 Å². The van der Waals surface area contributed by atoms with Gasteiger partial charge in [-0.1, -0.05) is 50.7 Å². The van der Waals surface area contributed by atoms with E-state index in [1.807, 2.05) is 14.1 Å². The standard InChI is InChI=1S/C32H61N3O4/c1-34(2,3)27-21-20-24-30(36)23-18-16-14-12-10-8-6-7-9-11-13-15-17-19-25-31(37)33-26-22-28-35(4,5)29-32(38)39/h6-7H,8-29H2,1-5H3/p+1/b7-6+. The largest absolute Gasteiger partial charge is 0.544 e. The second kappa shape index (κ2) is 23.0. The summed E-state index contributed by atoms with van der Waals surface area (Å²) >= 11 is 0. The van der Waals surface area contributed by atoms with Gasteiger partial charge in [-0.2, -0.15) is 0 Å². The molecule has 0 unspecified atom stereocenters. The van der Waals surface area contributed by atoms with E-state index in [0.717, 1.165) is 75.2 Å². The molecule has 0 bridgehead atoms. The molecule has 0 rings (SSSR count). The normalized spacial score (nSPS) is 12.2. The van der Waals surface area contributed by atoms with Crippen LogP contribution in [0.2, 0.25) is 0 Å². The Morgan fingerprint density at radius 2 is 1.10 bits per heavy atom. The molecular weight excluding hydrogens is 490 g/mol. The number of hydrogen-bond acceptors (Lipinski definition) is 4. The fraction of sp³-hybridized carbons (Fsp3) is 0.844. The van der Waals surface area contributed by atoms with Gasteiger partial charge >= 0.3 is 0 Å². The lowest BCUT2D eigenvalue weighted by molar-refractivity contribution is -0.884. The Kier molecular flexibility index (Phi) is 22.0. The van der Waals surface area contributed by atoms with Crippen LogP contribution in [0.15, 0.2) is 12.2 Å². The maximum absolute atomic E-state index is 12.0. The topological polar surface area (TPSA) is 86.3 Å². The molecule has 0 fully saturated rings. The lowest BCUT2D eigenvalue weighted by Gasteiger charge is -2.30. The molecular formula is C32H62N3O4+. The van der Waals surface area contributed by atoms with Gasteiger partial charge in [-0.3, -0.25) is 9.59 Å². The first kappa shape index (κ1) is 37.3. The van der Waals surface area contributed by atoms with Crippen LogP contribution in [0.4, 0.5) is 0 Å². The summed E-state index contributed by atoms with van der Waals surface area (Å²) in [7, 11) is 10.3. The molecule has 0 aromatic carbocycles. The highest BCUT2D eigenvalue weighted by molar-refractivity contribution is 5.78. The number of carbonyl (C=O) groups excluding carboxylic acids is 3. The molecule has 0 radical (unpaired) electrons. The molecule has 0 aliphatic rings. The summed E-state index contributed by atoms with van der Waals surface area (Å²) in [5.41, 5.74) is 0. The third-order valence-electron chi connectivity index (χ3n) is 7.12. The number of aliphatic carboxylic acids is 1. The number of carboxylic acids is 1. The summed E-state index contributed by atoms with van der Waals surface area (Å²) in [4.78, 5) is 34.6. The van der Waals surface area contributed by atoms with E-state index in [1.165, 1.54) is 44.9 Å². The zero-order valence-corrected chi connectivity index (χ0v) is 26.2. The van der Waals surface area contributed by atoms with E-state index in [2.05, 4.69) is 38.6 Å². The van der Waals surface area contributed by atoms with E-state index in [0.29, 0.717) is 29.8 Å². The number of hydrogen-bond donors (Lipinski definition) is 1. The monoisotopic (exact) mass is 552 g/mol. The van der Waals surface area contributed by atoms with Crippen molar-refractivity contribution in [1.29, 1.82) is 0 Å². The van der Waals surface area contributed by atoms with E-state index in [4.69, 9.17) is 0 Å². The summed E-state index contributed by atoms with van der Waals surface area (Å²) in [5.74, 6) is -0.496. The number of rotatable bonds is 27. The van der Waals surface area contributed by atoms with Crippen LogP contribution in [0.25, 0.3) is 0 Å². The fourth-order valence-electron chi connectivity index (χ4n) is 4.71. The summed E-state index contributed by atoms with van der Waals surface area (Å²) in [6, 6.07) is 0. The average molecular weight is 553 g/mol. The van der Waals surface area contributed by atoms with Gasteiger partial charge in [-0.05, 0) is 51.4 Å². The van der Waals surface area contributed by atoms with Crippen LogP contribution in [-0.4, -0.2) is 88.0 Å². The second-order valence-electron chi connectivity index (χ2n) is 13.0. The van der Waals surface area contributed by atoms with Gasteiger partial charge in [0.05, 0.1) is 54.3 Å². The van der Waals surface area contributed by atoms with Crippen LogP contribution in [0, 0.1) is 0 Å². The van der Waals surface area contributed by atoms with Crippen molar-refractivity contribution in [2.45, 2.75) is 116 Å². The molecule has 1 N–H and O–H groups in total. The lowest BCUT2D eigenvalue weighted by atomic mass is 10.0. The molecule has 0 aliphatic carbocycles. The Balaban J connectivity index is 3.41. The Morgan fingerprint density at radius 3 is 1.64 bits per heavy atom. The molecule has 0 aromatic rings. The number of likely N-dealkylation sites (N-methyl/N-ethyl adjacent to an activating group) is 1. The number of Topliss-reactive ketones (excluding diaryl/α,β-unsaturated/α-hetero) is 1. The van der Waals surface area contributed by atoms with Crippen molar-refractivity contribution < 1.29 is 28.5 Å². The Hall–Kier alpha value is -1.73. The number of unbranched alkanes of at least 4 members (excludes halogenated alkanes) is 11. The van der Waals surface area contributed by atoms with Crippen LogP contribution in [0.3, 0.4) is 0 Å². The Bertz CT molecular complexity index is 683. The van der Waals surface area contributed by atoms with Crippen molar-refractivity contribution in [2.75, 3.05) is 61.4 Å². The van der Waals surface area contributed by atoms with Crippen molar-refractivity contribution in [3.8, 4) is 0 Å². The zero-order chi connectivity index (χ0) is 29.4. The third-order valence-corrected chi connectivity index (χ3v) is 7.12. The van der Waals surface area contributed by atoms with Crippen molar-refractivity contribution >= 4 is 17.7 Å². The van der Waals surface area contributed by atoms with Crippen molar-refractivity contribution in [3.05, 3.63) is 12.2 Å². The third kappa shape index (κ3) is 29.1. The van der Waals surface area contributed by atoms with Crippen molar-refractivity contribution in [3.63, 3.8) is 0 Å². The van der Waals surface area contributed by atoms with Crippen molar-refractivity contribution in [2.24, 2.45) is 0 Å². The number of nitrogens with one attached hydrogen (secondary N) is 1. The minimum atomic E-state index is -1.04. The highest BCUT2D eigenvalue weighted by Crippen LogP contribution is 2.11. The number of allylic oxidation sites excluding steroid dienone is 2. The molecule has 0 atom stereocenters. The molecule has 39 heavy (non-hydrogen) atoms. The summed E-state index contributed by atoms with van der Waals surface area (Å²) in [6.07, 6.45) is 23.6. The van der Waals surface area contributed by atoms with Gasteiger partial charge in [-0.15, -0.1) is 0 Å². The molecule has 0 aromatic heterocycles. The summed E-state index contributed by atoms with van der Waals surface area (Å²) < 4.78 is 1.35. The maximum atomic E-state index is 12.0. The summed E-state index contributed by atoms with van der Waals surface area (Å²) in [6.45, 7) is 2.43. The van der Waals surface area contributed by atoms with Gasteiger partial charge in [0.25, 0.3) is 0 Å². The summed E-state index contributed by atoms with van der Waals surface area (Å²) in [5, 5.41) is 13.7. The van der Waals surface area contributed by atoms with Crippen LogP contribution in [-0.2, 0) is 14.4 Å². The van der Waals surface area contributed by atoms with Gasteiger partial charge < -0.3 is 24.2 Å². The Labute approximate surface area is 240 Å². The minimum Gasteiger partial charge on any atom is -0.544 e. The van der Waals surface area contributed by atoms with Crippen LogP contribution in [0.1, 0.15) is 116 Å². The lowest BCUT2D eigenvalue weighted by Crippen LogP contribution is -2.49. The predicted octanol–water partition coefficient (Wildman–Crippen LogP) is 4.78. The molecule has 7 heteroatoms. The van der Waals surface area contributed by atoms with E-state index in [1.54, 1.807) is 0 Å². The van der Waals surface area contributed by atoms with Gasteiger partial charge in [0.15, 0.2) is 0 Å². The van der Waals surface area contributed by atoms with E-state index in [-0.39, 0.29) is 12.5 Å². The SMILES string of the molecule is C[N+](C)(C)CCCCC(=O)CCCCCCC/C=C/CCCCCCCC(=O)NCCC[N+](C)(C)CC(=O)[O-]. The number of carbonyl (C=O) groups is 3. The predicted molar refractivity (Wildman–Crippen MR) is 160 cm³/mol. The van der Waals surface area contributed by atoms with E-state index in [9.17, 15) is 19.5 Å². The number of amides is 1. The quantitative estimate of drug-likeness (QED) is 0.0903. The van der Waals surface area contributed by atoms with Gasteiger partial charge in [0.2, 0.25) is 5.91 Å². The first-order chi connectivity index (χ1) is 18.4. The number of ketones is 1. The van der Waals surface area contributed by atoms with Crippen LogP contribution < -0.4 is 10.4 Å². The van der Waals surface area contributed by atoms with E-state index >= 15 is 0 Å². The minimum absolute atomic E-state index is 0.00705. The smallest absolute Gasteiger partial charge is 0.219 e. The highest BCUT2D eigenvalue weighted by Gasteiger charge is 2.14. The molecule has 1 amide bonds. The van der Waals surface area contributed by atoms with Gasteiger partial charge in [0.1, 0.15) is 12.3 Å². The number of carboxylic acid groups (broad SMARTS) is 1. The molecule has 228 valence electrons. The van der Waals surface area contributed by atoms with Crippen LogP contribution in [0.5, 0.6) is 0 Å². The first-order valence-electron chi connectivity index (χ1n) is 15.7. The molecule has 7 nitrogen and oxygen atoms in total. The number of quaternary nitrogens is 2. The molecule has 0 heterocycles. The van der Waals surface area contributed by atoms with Gasteiger partial charge in [-0.25, -0.2) is 0 Å². The maximum Gasteiger partial charge on any atom is 0.219 e. The van der Waals surface area contributed by atoms with E-state index < -0.39 is 5.97 Å². The molecule has 0 aliphatic heterocycles. The molecule has 0 saturated heterocycles. The Morgan fingerprint density at radius 1 is 0.615 bits per heavy atom. The zero-order valence-electron chi connectivity index (χ0n) is 26.2. The van der Waals surface area contributed by atoms with Gasteiger partial charge in [0, 0.05) is 32.2 Å². The molecule has 0 spiro atoms. The first-order valence-corrected chi connectivity index (χ1v) is 15.7. The second-order valence-corrected chi connectivity index (χ2v) is 13.0.